The molecular weight excluding hydrogens is 504 g/mol. The molecule has 0 spiro atoms. The SMILES string of the molecule is Cc1c(CNCC2CCC(Nc3nc(N(C)C)c4ccccc4n3)CC2)cc(-c2ccccc2)n1-c1ccccc1. The first-order valence-electron chi connectivity index (χ1n) is 14.8. The Bertz CT molecular complexity index is 1580. The number of fused-ring (bicyclic) bond motifs is 1. The van der Waals surface area contributed by atoms with Gasteiger partial charge < -0.3 is 20.1 Å². The fraction of sp³-hybridized carbons (Fsp3) is 0.314. The molecule has 1 aliphatic carbocycles. The van der Waals surface area contributed by atoms with Crippen LogP contribution in [0.5, 0.6) is 0 Å². The first-order valence-corrected chi connectivity index (χ1v) is 14.8. The highest BCUT2D eigenvalue weighted by Gasteiger charge is 2.23. The number of hydrogen-bond acceptors (Lipinski definition) is 5. The Morgan fingerprint density at radius 2 is 1.51 bits per heavy atom. The summed E-state index contributed by atoms with van der Waals surface area (Å²) in [5, 5.41) is 8.53. The fourth-order valence-electron chi connectivity index (χ4n) is 6.14. The Balaban J connectivity index is 1.07. The van der Waals surface area contributed by atoms with Crippen LogP contribution in [0.3, 0.4) is 0 Å². The standard InChI is InChI=1S/C35H40N6/c1-25-28(22-33(27-12-6-4-7-13-27)41(25)30-14-8-5-9-15-30)24-36-23-26-18-20-29(21-19-26)37-35-38-32-17-11-10-16-31(32)34(39-35)40(2)3/h4-17,22,26,29,36H,18-21,23-24H2,1-3H3,(H,37,38,39). The number of nitrogens with zero attached hydrogens (tertiary/aromatic N) is 4. The lowest BCUT2D eigenvalue weighted by Crippen LogP contribution is -2.31. The lowest BCUT2D eigenvalue weighted by Gasteiger charge is -2.29. The second kappa shape index (κ2) is 12.1. The highest BCUT2D eigenvalue weighted by molar-refractivity contribution is 5.90. The molecule has 0 aliphatic heterocycles. The molecule has 0 saturated heterocycles. The van der Waals surface area contributed by atoms with E-state index in [4.69, 9.17) is 9.97 Å². The molecule has 0 radical (unpaired) electrons. The van der Waals surface area contributed by atoms with Crippen molar-refractivity contribution in [2.75, 3.05) is 30.9 Å². The summed E-state index contributed by atoms with van der Waals surface area (Å²) in [7, 11) is 4.08. The van der Waals surface area contributed by atoms with Crippen LogP contribution in [-0.4, -0.2) is 41.2 Å². The van der Waals surface area contributed by atoms with E-state index in [0.717, 1.165) is 48.6 Å². The molecule has 3 aromatic carbocycles. The van der Waals surface area contributed by atoms with Crippen molar-refractivity contribution in [1.29, 1.82) is 0 Å². The summed E-state index contributed by atoms with van der Waals surface area (Å²) in [6, 6.07) is 32.4. The summed E-state index contributed by atoms with van der Waals surface area (Å²) in [6.45, 7) is 4.16. The van der Waals surface area contributed by atoms with Crippen LogP contribution < -0.4 is 15.5 Å². The first-order chi connectivity index (χ1) is 20.1. The van der Waals surface area contributed by atoms with Gasteiger partial charge in [0.2, 0.25) is 5.95 Å². The number of benzene rings is 3. The van der Waals surface area contributed by atoms with Crippen molar-refractivity contribution in [2.45, 2.75) is 45.2 Å². The molecule has 0 amide bonds. The molecular formula is C35H40N6. The van der Waals surface area contributed by atoms with Crippen molar-refractivity contribution in [3.05, 3.63) is 102 Å². The summed E-state index contributed by atoms with van der Waals surface area (Å²) in [5.74, 6) is 2.39. The highest BCUT2D eigenvalue weighted by Crippen LogP contribution is 2.31. The smallest absolute Gasteiger partial charge is 0.225 e. The van der Waals surface area contributed by atoms with Crippen molar-refractivity contribution in [3.8, 4) is 16.9 Å². The molecule has 2 N–H and O–H groups in total. The molecule has 2 heterocycles. The Labute approximate surface area is 243 Å². The summed E-state index contributed by atoms with van der Waals surface area (Å²) >= 11 is 0. The van der Waals surface area contributed by atoms with Gasteiger partial charge >= 0.3 is 0 Å². The number of anilines is 2. The molecule has 1 fully saturated rings. The van der Waals surface area contributed by atoms with Crippen molar-refractivity contribution in [3.63, 3.8) is 0 Å². The van der Waals surface area contributed by atoms with E-state index in [2.05, 4.69) is 106 Å². The van der Waals surface area contributed by atoms with Crippen LogP contribution in [-0.2, 0) is 6.54 Å². The van der Waals surface area contributed by atoms with Crippen LogP contribution in [0.2, 0.25) is 0 Å². The largest absolute Gasteiger partial charge is 0.362 e. The van der Waals surface area contributed by atoms with E-state index >= 15 is 0 Å². The van der Waals surface area contributed by atoms with Gasteiger partial charge in [-0.25, -0.2) is 4.98 Å². The first kappa shape index (κ1) is 27.0. The molecule has 210 valence electrons. The quantitative estimate of drug-likeness (QED) is 0.205. The molecule has 1 aliphatic rings. The third-order valence-electron chi connectivity index (χ3n) is 8.37. The molecule has 1 saturated carbocycles. The zero-order chi connectivity index (χ0) is 28.2. The van der Waals surface area contributed by atoms with Crippen LogP contribution in [0.1, 0.15) is 36.9 Å². The third kappa shape index (κ3) is 5.98. The molecule has 6 heteroatoms. The van der Waals surface area contributed by atoms with Crippen LogP contribution in [0.25, 0.3) is 27.8 Å². The van der Waals surface area contributed by atoms with Crippen molar-refractivity contribution in [2.24, 2.45) is 5.92 Å². The molecule has 0 bridgehead atoms. The number of nitrogens with one attached hydrogen (secondary N) is 2. The van der Waals surface area contributed by atoms with Crippen LogP contribution in [0, 0.1) is 12.8 Å². The Morgan fingerprint density at radius 3 is 2.24 bits per heavy atom. The average molecular weight is 545 g/mol. The predicted molar refractivity (Wildman–Crippen MR) is 171 cm³/mol. The summed E-state index contributed by atoms with van der Waals surface area (Å²) in [4.78, 5) is 11.7. The summed E-state index contributed by atoms with van der Waals surface area (Å²) in [6.07, 6.45) is 4.69. The van der Waals surface area contributed by atoms with E-state index in [9.17, 15) is 0 Å². The van der Waals surface area contributed by atoms with Crippen molar-refractivity contribution >= 4 is 22.7 Å². The zero-order valence-electron chi connectivity index (χ0n) is 24.3. The maximum absolute atomic E-state index is 4.85. The van der Waals surface area contributed by atoms with Crippen molar-refractivity contribution in [1.82, 2.24) is 19.9 Å². The molecule has 2 aromatic heterocycles. The predicted octanol–water partition coefficient (Wildman–Crippen LogP) is 7.22. The molecule has 5 aromatic rings. The number of rotatable bonds is 9. The van der Waals surface area contributed by atoms with Gasteiger partial charge in [-0.3, -0.25) is 0 Å². The number of hydrogen-bond donors (Lipinski definition) is 2. The van der Waals surface area contributed by atoms with Gasteiger partial charge in [0.15, 0.2) is 0 Å². The fourth-order valence-corrected chi connectivity index (χ4v) is 6.14. The van der Waals surface area contributed by atoms with Crippen molar-refractivity contribution < 1.29 is 0 Å². The lowest BCUT2D eigenvalue weighted by molar-refractivity contribution is 0.323. The van der Waals surface area contributed by atoms with Gasteiger partial charge in [-0.05, 0) is 86.5 Å². The summed E-state index contributed by atoms with van der Waals surface area (Å²) in [5.41, 5.74) is 7.32. The lowest BCUT2D eigenvalue weighted by atomic mass is 9.86. The number of para-hydroxylation sites is 2. The maximum Gasteiger partial charge on any atom is 0.225 e. The second-order valence-corrected chi connectivity index (χ2v) is 11.5. The van der Waals surface area contributed by atoms with Gasteiger partial charge in [0, 0.05) is 43.4 Å². The minimum Gasteiger partial charge on any atom is -0.362 e. The Hall–Kier alpha value is -4.16. The van der Waals surface area contributed by atoms with Gasteiger partial charge in [-0.15, -0.1) is 0 Å². The average Bonchev–Trinajstić information content (AvgIpc) is 3.34. The van der Waals surface area contributed by atoms with E-state index in [-0.39, 0.29) is 0 Å². The van der Waals surface area contributed by atoms with Gasteiger partial charge in [0.25, 0.3) is 0 Å². The molecule has 41 heavy (non-hydrogen) atoms. The normalized spacial score (nSPS) is 17.0. The van der Waals surface area contributed by atoms with Gasteiger partial charge in [0.1, 0.15) is 5.82 Å². The van der Waals surface area contributed by atoms with E-state index in [1.54, 1.807) is 0 Å². The minimum absolute atomic E-state index is 0.415. The molecule has 0 atom stereocenters. The molecule has 6 nitrogen and oxygen atoms in total. The Kier molecular flexibility index (Phi) is 8.01. The van der Waals surface area contributed by atoms with Crippen LogP contribution >= 0.6 is 0 Å². The zero-order valence-corrected chi connectivity index (χ0v) is 24.3. The van der Waals surface area contributed by atoms with Crippen LogP contribution in [0.4, 0.5) is 11.8 Å². The van der Waals surface area contributed by atoms with Crippen LogP contribution in [0.15, 0.2) is 91.0 Å². The van der Waals surface area contributed by atoms with E-state index < -0.39 is 0 Å². The monoisotopic (exact) mass is 544 g/mol. The Morgan fingerprint density at radius 1 is 0.829 bits per heavy atom. The minimum atomic E-state index is 0.415. The van der Waals surface area contributed by atoms with Gasteiger partial charge in [-0.2, -0.15) is 4.98 Å². The van der Waals surface area contributed by atoms with Gasteiger partial charge in [-0.1, -0.05) is 60.7 Å². The topological polar surface area (TPSA) is 58.0 Å². The number of aromatic nitrogens is 3. The van der Waals surface area contributed by atoms with E-state index in [0.29, 0.717) is 12.0 Å². The highest BCUT2D eigenvalue weighted by atomic mass is 15.2. The molecule has 0 unspecified atom stereocenters. The maximum atomic E-state index is 4.85. The van der Waals surface area contributed by atoms with Gasteiger partial charge in [0.05, 0.1) is 11.2 Å². The third-order valence-corrected chi connectivity index (χ3v) is 8.37. The van der Waals surface area contributed by atoms with E-state index in [1.165, 1.54) is 41.0 Å². The second-order valence-electron chi connectivity index (χ2n) is 11.5. The summed E-state index contributed by atoms with van der Waals surface area (Å²) < 4.78 is 2.39. The molecule has 6 rings (SSSR count). The van der Waals surface area contributed by atoms with E-state index in [1.807, 2.05) is 26.2 Å².